The number of carbonyl (C=O) groups is 3. The second-order valence-electron chi connectivity index (χ2n) is 10.8. The molecule has 2 aromatic rings. The van der Waals surface area contributed by atoms with Gasteiger partial charge in [0.15, 0.2) is 5.84 Å². The van der Waals surface area contributed by atoms with Crippen molar-refractivity contribution >= 4 is 23.6 Å². The Balaban J connectivity index is 1.38. The number of hydrogen-bond acceptors (Lipinski definition) is 8. The predicted octanol–water partition coefficient (Wildman–Crippen LogP) is 2.62. The van der Waals surface area contributed by atoms with Crippen molar-refractivity contribution in [2.75, 3.05) is 13.1 Å². The molecule has 224 valence electrons. The molecule has 1 saturated carbocycles. The van der Waals surface area contributed by atoms with Crippen molar-refractivity contribution in [2.45, 2.75) is 70.2 Å². The highest BCUT2D eigenvalue weighted by molar-refractivity contribution is 5.95. The number of amidine groups is 1. The second-order valence-corrected chi connectivity index (χ2v) is 10.8. The van der Waals surface area contributed by atoms with Gasteiger partial charge in [-0.2, -0.15) is 0 Å². The van der Waals surface area contributed by atoms with Gasteiger partial charge >= 0.3 is 5.97 Å². The summed E-state index contributed by atoms with van der Waals surface area (Å²) < 4.78 is 5.42. The van der Waals surface area contributed by atoms with Crippen molar-refractivity contribution in [1.82, 2.24) is 20.5 Å². The number of amides is 2. The number of aromatic nitrogens is 1. The van der Waals surface area contributed by atoms with Crippen LogP contribution in [0.5, 0.6) is 0 Å². The Bertz CT molecular complexity index is 1240. The van der Waals surface area contributed by atoms with E-state index in [4.69, 9.17) is 15.7 Å². The molecule has 2 heterocycles. The number of carbonyl (C=O) groups excluding carboxylic acids is 3. The van der Waals surface area contributed by atoms with E-state index < -0.39 is 18.1 Å². The minimum atomic E-state index is -0.674. The summed E-state index contributed by atoms with van der Waals surface area (Å²) in [4.78, 5) is 45.5. The third-order valence-corrected chi connectivity index (χ3v) is 7.78. The predicted molar refractivity (Wildman–Crippen MR) is 157 cm³/mol. The molecular weight excluding hydrogens is 536 g/mol. The van der Waals surface area contributed by atoms with Gasteiger partial charge in [-0.05, 0) is 36.0 Å². The van der Waals surface area contributed by atoms with Gasteiger partial charge in [0.05, 0.1) is 12.6 Å². The highest BCUT2D eigenvalue weighted by Crippen LogP contribution is 2.28. The zero-order valence-corrected chi connectivity index (χ0v) is 23.8. The van der Waals surface area contributed by atoms with Crippen LogP contribution in [0.1, 0.15) is 61.8 Å². The minimum Gasteiger partial charge on any atom is -0.460 e. The van der Waals surface area contributed by atoms with E-state index in [1.807, 2.05) is 42.5 Å². The number of rotatable bonds is 12. The third-order valence-electron chi connectivity index (χ3n) is 7.78. The number of nitrogens with two attached hydrogens (primary N) is 1. The molecule has 1 aliphatic heterocycles. The van der Waals surface area contributed by atoms with Gasteiger partial charge in [0.25, 0.3) is 0 Å². The van der Waals surface area contributed by atoms with Crippen LogP contribution >= 0.6 is 0 Å². The number of pyridine rings is 1. The van der Waals surface area contributed by atoms with E-state index in [1.54, 1.807) is 23.2 Å². The Morgan fingerprint density at radius 1 is 1.07 bits per heavy atom. The normalized spacial score (nSPS) is 18.3. The number of esters is 1. The first kappa shape index (κ1) is 30.7. The fourth-order valence-corrected chi connectivity index (χ4v) is 5.42. The van der Waals surface area contributed by atoms with Crippen LogP contribution in [0.4, 0.5) is 0 Å². The molecule has 2 aliphatic rings. The van der Waals surface area contributed by atoms with Gasteiger partial charge in [-0.1, -0.05) is 85.8 Å². The van der Waals surface area contributed by atoms with Crippen LogP contribution < -0.4 is 16.4 Å². The largest absolute Gasteiger partial charge is 0.460 e. The first-order valence-corrected chi connectivity index (χ1v) is 14.5. The van der Waals surface area contributed by atoms with Crippen LogP contribution in [0.3, 0.4) is 0 Å². The first-order valence-electron chi connectivity index (χ1n) is 14.5. The summed E-state index contributed by atoms with van der Waals surface area (Å²) in [5.41, 5.74) is 7.51. The standard InChI is InChI=1S/C31H40N6O5/c32-29(36-41)25-15-14-24(18-33-25)19-35-30(39)27-13-7-8-16-37(27)31(40)26(17-22-9-3-1-4-10-22)34-20-28(38)42-21-23-11-5-2-6-12-23/h2,5-8,11-12,14-15,18,22,26-27,34,41H,1,3-4,9-10,13,16-17,19-21H2,(H2,32,36)(H,35,39). The number of nitrogens with one attached hydrogen (secondary N) is 2. The third kappa shape index (κ3) is 8.87. The van der Waals surface area contributed by atoms with Crippen molar-refractivity contribution in [3.8, 4) is 0 Å². The van der Waals surface area contributed by atoms with E-state index in [0.717, 1.165) is 36.8 Å². The number of ether oxygens (including phenoxy) is 1. The molecule has 0 saturated heterocycles. The number of nitrogens with zero attached hydrogens (tertiary/aromatic N) is 3. The highest BCUT2D eigenvalue weighted by atomic mass is 16.5. The fourth-order valence-electron chi connectivity index (χ4n) is 5.42. The lowest BCUT2D eigenvalue weighted by atomic mass is 9.84. The van der Waals surface area contributed by atoms with E-state index in [1.165, 1.54) is 6.42 Å². The van der Waals surface area contributed by atoms with Gasteiger partial charge in [-0.25, -0.2) is 0 Å². The Morgan fingerprint density at radius 2 is 1.86 bits per heavy atom. The summed E-state index contributed by atoms with van der Waals surface area (Å²) in [6.45, 7) is 0.600. The minimum absolute atomic E-state index is 0.0923. The summed E-state index contributed by atoms with van der Waals surface area (Å²) in [7, 11) is 0. The van der Waals surface area contributed by atoms with Gasteiger partial charge in [0, 0.05) is 19.3 Å². The van der Waals surface area contributed by atoms with Crippen LogP contribution in [0.15, 0.2) is 66.0 Å². The molecule has 0 bridgehead atoms. The maximum atomic E-state index is 13.9. The maximum Gasteiger partial charge on any atom is 0.320 e. The highest BCUT2D eigenvalue weighted by Gasteiger charge is 2.35. The Morgan fingerprint density at radius 3 is 2.57 bits per heavy atom. The summed E-state index contributed by atoms with van der Waals surface area (Å²) in [6, 6.07) is 11.5. The number of benzene rings is 1. The van der Waals surface area contributed by atoms with Crippen LogP contribution in [0.25, 0.3) is 0 Å². The lowest BCUT2D eigenvalue weighted by Gasteiger charge is -2.36. The van der Waals surface area contributed by atoms with Crippen molar-refractivity contribution in [1.29, 1.82) is 0 Å². The number of oxime groups is 1. The monoisotopic (exact) mass is 576 g/mol. The van der Waals surface area contributed by atoms with E-state index in [0.29, 0.717) is 31.0 Å². The molecule has 1 aromatic heterocycles. The second kappa shape index (κ2) is 15.7. The summed E-state index contributed by atoms with van der Waals surface area (Å²) in [5, 5.41) is 17.8. The quantitative estimate of drug-likeness (QED) is 0.0749. The fraction of sp³-hybridized carbons (Fsp3) is 0.452. The lowest BCUT2D eigenvalue weighted by Crippen LogP contribution is -2.56. The van der Waals surface area contributed by atoms with Gasteiger partial charge in [-0.3, -0.25) is 24.7 Å². The van der Waals surface area contributed by atoms with E-state index in [-0.39, 0.29) is 37.3 Å². The van der Waals surface area contributed by atoms with Crippen LogP contribution in [-0.2, 0) is 32.3 Å². The molecule has 0 radical (unpaired) electrons. The Labute approximate surface area is 246 Å². The smallest absolute Gasteiger partial charge is 0.320 e. The molecule has 1 fully saturated rings. The molecule has 42 heavy (non-hydrogen) atoms. The van der Waals surface area contributed by atoms with Crippen LogP contribution in [0.2, 0.25) is 0 Å². The summed E-state index contributed by atoms with van der Waals surface area (Å²) in [6.07, 6.45) is 11.9. The molecule has 5 N–H and O–H groups in total. The molecule has 2 amide bonds. The van der Waals surface area contributed by atoms with E-state index in [9.17, 15) is 14.4 Å². The van der Waals surface area contributed by atoms with Gasteiger partial charge in [0.2, 0.25) is 11.8 Å². The molecule has 11 heteroatoms. The van der Waals surface area contributed by atoms with E-state index in [2.05, 4.69) is 20.8 Å². The van der Waals surface area contributed by atoms with Crippen molar-refractivity contribution in [3.05, 3.63) is 77.6 Å². The molecule has 1 aliphatic carbocycles. The van der Waals surface area contributed by atoms with Gasteiger partial charge in [0.1, 0.15) is 18.3 Å². The van der Waals surface area contributed by atoms with Crippen LogP contribution in [0, 0.1) is 5.92 Å². The first-order chi connectivity index (χ1) is 20.4. The molecule has 0 spiro atoms. The average Bonchev–Trinajstić information content (AvgIpc) is 3.05. The molecule has 4 rings (SSSR count). The molecular formula is C31H40N6O5. The topological polar surface area (TPSA) is 159 Å². The molecule has 11 nitrogen and oxygen atoms in total. The van der Waals surface area contributed by atoms with E-state index >= 15 is 0 Å². The molecule has 2 unspecified atom stereocenters. The Kier molecular flexibility index (Phi) is 11.5. The molecule has 1 aromatic carbocycles. The summed E-state index contributed by atoms with van der Waals surface area (Å²) in [5.74, 6) is -0.611. The Hall–Kier alpha value is -4.25. The molecule has 2 atom stereocenters. The van der Waals surface area contributed by atoms with Gasteiger partial charge < -0.3 is 25.9 Å². The van der Waals surface area contributed by atoms with Crippen molar-refractivity contribution < 1.29 is 24.3 Å². The van der Waals surface area contributed by atoms with Crippen molar-refractivity contribution in [3.63, 3.8) is 0 Å². The maximum absolute atomic E-state index is 13.9. The average molecular weight is 577 g/mol. The number of hydrogen-bond donors (Lipinski definition) is 4. The SMILES string of the molecule is N/C(=N/O)c1ccc(CNC(=O)C2CC=CCN2C(=O)C(CC2CCCCC2)NCC(=O)OCc2ccccc2)cn1. The summed E-state index contributed by atoms with van der Waals surface area (Å²) >= 11 is 0. The zero-order valence-electron chi connectivity index (χ0n) is 23.8. The van der Waals surface area contributed by atoms with Crippen molar-refractivity contribution in [2.24, 2.45) is 16.8 Å². The zero-order chi connectivity index (χ0) is 29.7. The lowest BCUT2D eigenvalue weighted by molar-refractivity contribution is -0.145. The van der Waals surface area contributed by atoms with Crippen LogP contribution in [-0.4, -0.2) is 63.9 Å². The van der Waals surface area contributed by atoms with Gasteiger partial charge in [-0.15, -0.1) is 0 Å².